The first kappa shape index (κ1) is 9.81. The highest BCUT2D eigenvalue weighted by Gasteiger charge is 2.02. The molecule has 0 radical (unpaired) electrons. The molecule has 4 heteroatoms. The van der Waals surface area contributed by atoms with Crippen LogP contribution in [-0.4, -0.2) is 5.76 Å². The van der Waals surface area contributed by atoms with Crippen LogP contribution in [0, 0.1) is 0 Å². The number of benzene rings is 1. The zero-order chi connectivity index (χ0) is 8.97. The Morgan fingerprint density at radius 2 is 1.83 bits per heavy atom. The average molecular weight is 209 g/mol. The molecule has 0 N–H and O–H groups in total. The molecule has 0 fully saturated rings. The number of thioether (sulfide) groups is 1. The minimum atomic E-state index is -2.30. The third-order valence-electron chi connectivity index (χ3n) is 1.29. The number of halogens is 3. The Morgan fingerprint density at radius 3 is 2.33 bits per heavy atom. The first-order valence-corrected chi connectivity index (χ1v) is 4.75. The van der Waals surface area contributed by atoms with Gasteiger partial charge in [-0.3, -0.25) is 0 Å². The van der Waals surface area contributed by atoms with E-state index >= 15 is 0 Å². The van der Waals surface area contributed by atoms with Crippen molar-refractivity contribution < 1.29 is 8.78 Å². The molecule has 0 spiro atoms. The molecule has 0 heterocycles. The molecule has 0 amide bonds. The van der Waals surface area contributed by atoms with Gasteiger partial charge in [0.1, 0.15) is 0 Å². The molecule has 0 aliphatic rings. The van der Waals surface area contributed by atoms with Crippen LogP contribution in [-0.2, 0) is 5.75 Å². The van der Waals surface area contributed by atoms with Gasteiger partial charge in [-0.2, -0.15) is 8.78 Å². The molecular formula is C8H7ClF2S. The molecule has 0 nitrogen and oxygen atoms in total. The van der Waals surface area contributed by atoms with Crippen molar-refractivity contribution in [3.8, 4) is 0 Å². The summed E-state index contributed by atoms with van der Waals surface area (Å²) in [5.41, 5.74) is 0.865. The van der Waals surface area contributed by atoms with Crippen molar-refractivity contribution in [3.63, 3.8) is 0 Å². The van der Waals surface area contributed by atoms with Crippen molar-refractivity contribution in [2.75, 3.05) is 0 Å². The molecule has 66 valence electrons. The third kappa shape index (κ3) is 3.41. The Kier molecular flexibility index (Phi) is 3.82. The number of hydrogen-bond donors (Lipinski definition) is 0. The van der Waals surface area contributed by atoms with Crippen LogP contribution in [0.15, 0.2) is 24.3 Å². The van der Waals surface area contributed by atoms with E-state index in [4.69, 9.17) is 11.6 Å². The Balaban J connectivity index is 2.48. The van der Waals surface area contributed by atoms with Gasteiger partial charge in [-0.05, 0) is 17.7 Å². The quantitative estimate of drug-likeness (QED) is 0.728. The summed E-state index contributed by atoms with van der Waals surface area (Å²) in [7, 11) is 0. The van der Waals surface area contributed by atoms with E-state index in [0.29, 0.717) is 22.5 Å². The molecule has 12 heavy (non-hydrogen) atoms. The van der Waals surface area contributed by atoms with E-state index < -0.39 is 5.76 Å². The van der Waals surface area contributed by atoms with Crippen LogP contribution in [0.25, 0.3) is 0 Å². The van der Waals surface area contributed by atoms with E-state index in [1.54, 1.807) is 24.3 Å². The maximum absolute atomic E-state index is 11.7. The minimum Gasteiger partial charge on any atom is -0.198 e. The molecule has 0 bridgehead atoms. The van der Waals surface area contributed by atoms with Crippen LogP contribution in [0.1, 0.15) is 5.56 Å². The smallest absolute Gasteiger partial charge is 0.198 e. The Bertz CT molecular complexity index is 235. The summed E-state index contributed by atoms with van der Waals surface area (Å²) in [6.45, 7) is 0. The van der Waals surface area contributed by atoms with Gasteiger partial charge in [0.05, 0.1) is 0 Å². The Morgan fingerprint density at radius 1 is 1.25 bits per heavy atom. The fraction of sp³-hybridized carbons (Fsp3) is 0.250. The molecule has 0 atom stereocenters. The fourth-order valence-corrected chi connectivity index (χ4v) is 1.38. The van der Waals surface area contributed by atoms with E-state index in [9.17, 15) is 8.78 Å². The molecule has 0 unspecified atom stereocenters. The van der Waals surface area contributed by atoms with Crippen molar-refractivity contribution >= 4 is 23.4 Å². The summed E-state index contributed by atoms with van der Waals surface area (Å²) in [4.78, 5) is 0. The highest BCUT2D eigenvalue weighted by atomic mass is 35.5. The Hall–Kier alpha value is -0.280. The van der Waals surface area contributed by atoms with Gasteiger partial charge < -0.3 is 0 Å². The Labute approximate surface area is 78.9 Å². The van der Waals surface area contributed by atoms with Gasteiger partial charge in [0.15, 0.2) is 0 Å². The summed E-state index contributed by atoms with van der Waals surface area (Å²) in [5, 5.41) is 0.626. The zero-order valence-corrected chi connectivity index (χ0v) is 7.71. The molecule has 0 aliphatic carbocycles. The lowest BCUT2D eigenvalue weighted by atomic mass is 10.2. The lowest BCUT2D eigenvalue weighted by Crippen LogP contribution is -1.84. The van der Waals surface area contributed by atoms with Gasteiger partial charge in [0.25, 0.3) is 5.76 Å². The number of alkyl halides is 2. The van der Waals surface area contributed by atoms with E-state index in [2.05, 4.69) is 0 Å². The molecular weight excluding hydrogens is 202 g/mol. The normalized spacial score (nSPS) is 10.7. The number of hydrogen-bond acceptors (Lipinski definition) is 1. The van der Waals surface area contributed by atoms with Crippen molar-refractivity contribution in [2.45, 2.75) is 11.5 Å². The van der Waals surface area contributed by atoms with Crippen LogP contribution >= 0.6 is 23.4 Å². The zero-order valence-electron chi connectivity index (χ0n) is 6.14. The van der Waals surface area contributed by atoms with Gasteiger partial charge in [-0.15, -0.1) is 0 Å². The monoisotopic (exact) mass is 208 g/mol. The standard InChI is InChI=1S/C8H7ClF2S/c9-7-3-1-6(2-4-7)5-12-8(10)11/h1-4,8H,5H2. The van der Waals surface area contributed by atoms with Crippen LogP contribution in [0.2, 0.25) is 5.02 Å². The third-order valence-corrected chi connectivity index (χ3v) is 2.29. The highest BCUT2D eigenvalue weighted by molar-refractivity contribution is 7.98. The SMILES string of the molecule is FC(F)SCc1ccc(Cl)cc1. The van der Waals surface area contributed by atoms with E-state index in [-0.39, 0.29) is 0 Å². The summed E-state index contributed by atoms with van der Waals surface area (Å²) in [6, 6.07) is 6.89. The van der Waals surface area contributed by atoms with Crippen molar-refractivity contribution in [1.29, 1.82) is 0 Å². The van der Waals surface area contributed by atoms with Crippen molar-refractivity contribution in [2.24, 2.45) is 0 Å². The van der Waals surface area contributed by atoms with E-state index in [0.717, 1.165) is 5.56 Å². The largest absolute Gasteiger partial charge is 0.284 e. The first-order valence-electron chi connectivity index (χ1n) is 3.32. The topological polar surface area (TPSA) is 0 Å². The maximum atomic E-state index is 11.7. The second-order valence-corrected chi connectivity index (χ2v) is 3.61. The van der Waals surface area contributed by atoms with Crippen LogP contribution in [0.5, 0.6) is 0 Å². The van der Waals surface area contributed by atoms with Gasteiger partial charge in [-0.1, -0.05) is 35.5 Å². The van der Waals surface area contributed by atoms with Gasteiger partial charge in [0, 0.05) is 10.8 Å². The van der Waals surface area contributed by atoms with E-state index in [1.807, 2.05) is 0 Å². The van der Waals surface area contributed by atoms with Crippen molar-refractivity contribution in [3.05, 3.63) is 34.9 Å². The highest BCUT2D eigenvalue weighted by Crippen LogP contribution is 2.20. The number of rotatable bonds is 3. The van der Waals surface area contributed by atoms with Gasteiger partial charge >= 0.3 is 0 Å². The lowest BCUT2D eigenvalue weighted by Gasteiger charge is -1.99. The summed E-state index contributed by atoms with van der Waals surface area (Å²) >= 11 is 6.23. The molecule has 0 saturated carbocycles. The van der Waals surface area contributed by atoms with E-state index in [1.165, 1.54) is 0 Å². The molecule has 0 saturated heterocycles. The van der Waals surface area contributed by atoms with Gasteiger partial charge in [0.2, 0.25) is 0 Å². The lowest BCUT2D eigenvalue weighted by molar-refractivity contribution is 0.252. The molecule has 0 aliphatic heterocycles. The molecule has 0 aromatic heterocycles. The second-order valence-electron chi connectivity index (χ2n) is 2.20. The summed E-state index contributed by atoms with van der Waals surface area (Å²) < 4.78 is 23.5. The first-order chi connectivity index (χ1) is 5.68. The summed E-state index contributed by atoms with van der Waals surface area (Å²) in [5.74, 6) is -1.98. The molecule has 1 rings (SSSR count). The van der Waals surface area contributed by atoms with Gasteiger partial charge in [-0.25, -0.2) is 0 Å². The minimum absolute atomic E-state index is 0.328. The summed E-state index contributed by atoms with van der Waals surface area (Å²) in [6.07, 6.45) is 0. The predicted octanol–water partition coefficient (Wildman–Crippen LogP) is 3.80. The molecule has 1 aromatic carbocycles. The fourth-order valence-electron chi connectivity index (χ4n) is 0.740. The van der Waals surface area contributed by atoms with Crippen LogP contribution < -0.4 is 0 Å². The van der Waals surface area contributed by atoms with Crippen molar-refractivity contribution in [1.82, 2.24) is 0 Å². The second kappa shape index (κ2) is 4.67. The molecule has 1 aromatic rings. The average Bonchev–Trinajstić information content (AvgIpc) is 2.03. The predicted molar refractivity (Wildman–Crippen MR) is 48.8 cm³/mol. The van der Waals surface area contributed by atoms with Crippen LogP contribution in [0.3, 0.4) is 0 Å². The maximum Gasteiger partial charge on any atom is 0.284 e. The van der Waals surface area contributed by atoms with Crippen LogP contribution in [0.4, 0.5) is 8.78 Å².